The molecule has 0 amide bonds. The van der Waals surface area contributed by atoms with Gasteiger partial charge in [-0.2, -0.15) is 4.98 Å². The molecule has 174 valence electrons. The minimum absolute atomic E-state index is 0.225. The molecule has 0 saturated heterocycles. The van der Waals surface area contributed by atoms with Crippen LogP contribution in [0.5, 0.6) is 0 Å². The highest BCUT2D eigenvalue weighted by molar-refractivity contribution is 7.69. The molecule has 0 bridgehead atoms. The fourth-order valence-corrected chi connectivity index (χ4v) is 4.94. The summed E-state index contributed by atoms with van der Waals surface area (Å²) in [6.07, 6.45) is 5.76. The maximum atomic E-state index is 13.1. The zero-order valence-corrected chi connectivity index (χ0v) is 20.0. The van der Waals surface area contributed by atoms with Gasteiger partial charge in [-0.3, -0.25) is 9.78 Å². The zero-order valence-electron chi connectivity index (χ0n) is 19.2. The Morgan fingerprint density at radius 1 is 1.21 bits per heavy atom. The molecule has 4 heterocycles. The Kier molecular flexibility index (Phi) is 5.67. The van der Waals surface area contributed by atoms with E-state index in [4.69, 9.17) is 4.98 Å². The van der Waals surface area contributed by atoms with Crippen LogP contribution >= 0.6 is 7.14 Å². The lowest BCUT2D eigenvalue weighted by atomic mass is 10.0. The number of rotatable bonds is 6. The molecule has 0 saturated carbocycles. The molecule has 5 rings (SSSR count). The number of benzene rings is 1. The Labute approximate surface area is 196 Å². The number of fused-ring (bicyclic) bond motifs is 2. The van der Waals surface area contributed by atoms with Gasteiger partial charge in [-0.25, -0.2) is 14.3 Å². The quantitative estimate of drug-likeness (QED) is 0.326. The number of anilines is 2. The van der Waals surface area contributed by atoms with E-state index in [1.54, 1.807) is 42.4 Å². The second-order valence-electron chi connectivity index (χ2n) is 8.68. The summed E-state index contributed by atoms with van der Waals surface area (Å²) < 4.78 is 15.9. The lowest BCUT2D eigenvalue weighted by molar-refractivity contribution is 0.587. The molecule has 2 N–H and O–H groups in total. The van der Waals surface area contributed by atoms with Crippen molar-refractivity contribution >= 4 is 35.2 Å². The summed E-state index contributed by atoms with van der Waals surface area (Å²) in [4.78, 5) is 26.5. The van der Waals surface area contributed by atoms with Gasteiger partial charge in [0.1, 0.15) is 18.0 Å². The summed E-state index contributed by atoms with van der Waals surface area (Å²) in [5, 5.41) is 7.04. The fraction of sp³-hybridized carbons (Fsp3) is 0.250. The van der Waals surface area contributed by atoms with Crippen LogP contribution in [0.2, 0.25) is 0 Å². The summed E-state index contributed by atoms with van der Waals surface area (Å²) in [7, 11) is -2.60. The molecule has 4 aromatic rings. The van der Waals surface area contributed by atoms with E-state index in [-0.39, 0.29) is 12.1 Å². The van der Waals surface area contributed by atoms with Crippen LogP contribution in [-0.4, -0.2) is 44.2 Å². The molecule has 1 aromatic carbocycles. The summed E-state index contributed by atoms with van der Waals surface area (Å²) in [5.41, 5.74) is 4.84. The van der Waals surface area contributed by atoms with Gasteiger partial charge in [0.05, 0.1) is 12.2 Å². The highest BCUT2D eigenvalue weighted by atomic mass is 31.2. The van der Waals surface area contributed by atoms with Crippen molar-refractivity contribution in [2.45, 2.75) is 19.5 Å². The van der Waals surface area contributed by atoms with Crippen LogP contribution in [0, 0.1) is 0 Å². The number of nitrogens with zero attached hydrogens (tertiary/aromatic N) is 5. The highest BCUT2D eigenvalue weighted by Gasteiger charge is 2.20. The first-order valence-corrected chi connectivity index (χ1v) is 13.7. The first kappa shape index (κ1) is 22.3. The van der Waals surface area contributed by atoms with E-state index in [1.165, 1.54) is 22.0 Å². The second kappa shape index (κ2) is 8.66. The minimum Gasteiger partial charge on any atom is -0.324 e. The maximum Gasteiger partial charge on any atom is 0.278 e. The molecule has 3 aromatic heterocycles. The van der Waals surface area contributed by atoms with E-state index >= 15 is 0 Å². The van der Waals surface area contributed by atoms with Crippen LogP contribution in [-0.2, 0) is 24.1 Å². The van der Waals surface area contributed by atoms with Gasteiger partial charge in [0.15, 0.2) is 5.65 Å². The molecule has 0 radical (unpaired) electrons. The van der Waals surface area contributed by atoms with Gasteiger partial charge in [0.25, 0.3) is 5.56 Å². The van der Waals surface area contributed by atoms with Gasteiger partial charge >= 0.3 is 0 Å². The lowest BCUT2D eigenvalue weighted by Gasteiger charge is -2.18. The Morgan fingerprint density at radius 3 is 2.85 bits per heavy atom. The first-order chi connectivity index (χ1) is 16.3. The monoisotopic (exact) mass is 475 g/mol. The predicted octanol–water partition coefficient (Wildman–Crippen LogP) is 2.80. The molecule has 0 fully saturated rings. The van der Waals surface area contributed by atoms with Crippen molar-refractivity contribution in [2.24, 2.45) is 0 Å². The van der Waals surface area contributed by atoms with Gasteiger partial charge in [-0.15, -0.1) is 6.58 Å². The van der Waals surface area contributed by atoms with E-state index in [0.29, 0.717) is 28.1 Å². The van der Waals surface area contributed by atoms with Crippen LogP contribution in [0.1, 0.15) is 11.1 Å². The molecule has 0 atom stereocenters. The van der Waals surface area contributed by atoms with Crippen LogP contribution < -0.4 is 21.6 Å². The smallest absolute Gasteiger partial charge is 0.278 e. The van der Waals surface area contributed by atoms with Crippen LogP contribution in [0.15, 0.2) is 60.2 Å². The number of allylic oxidation sites excluding steroid dienone is 1. The van der Waals surface area contributed by atoms with Crippen molar-refractivity contribution in [3.63, 3.8) is 0 Å². The van der Waals surface area contributed by atoms with Crippen LogP contribution in [0.3, 0.4) is 0 Å². The van der Waals surface area contributed by atoms with Crippen LogP contribution in [0.4, 0.5) is 11.6 Å². The van der Waals surface area contributed by atoms with Gasteiger partial charge in [-0.1, -0.05) is 12.1 Å². The second-order valence-corrected chi connectivity index (χ2v) is 11.8. The van der Waals surface area contributed by atoms with Crippen molar-refractivity contribution in [1.82, 2.24) is 29.6 Å². The molecule has 34 heavy (non-hydrogen) atoms. The molecular formula is C24H26N7O2P. The topological polar surface area (TPSA) is 107 Å². The van der Waals surface area contributed by atoms with Gasteiger partial charge in [0, 0.05) is 24.6 Å². The number of hydrogen-bond acceptors (Lipinski definition) is 7. The molecule has 0 aliphatic carbocycles. The van der Waals surface area contributed by atoms with E-state index in [1.807, 2.05) is 6.07 Å². The van der Waals surface area contributed by atoms with E-state index in [9.17, 15) is 9.36 Å². The third-order valence-corrected chi connectivity index (χ3v) is 7.20. The Bertz CT molecular complexity index is 1520. The van der Waals surface area contributed by atoms with Crippen molar-refractivity contribution in [2.75, 3.05) is 25.2 Å². The van der Waals surface area contributed by atoms with Crippen molar-refractivity contribution in [3.05, 3.63) is 76.9 Å². The molecule has 0 unspecified atom stereocenters. The molecule has 9 nitrogen and oxygen atoms in total. The van der Waals surface area contributed by atoms with E-state index in [2.05, 4.69) is 39.3 Å². The summed E-state index contributed by atoms with van der Waals surface area (Å²) in [6.45, 7) is 9.23. The number of hydrogen-bond donors (Lipinski definition) is 2. The normalized spacial score (nSPS) is 13.6. The Balaban J connectivity index is 1.63. The maximum absolute atomic E-state index is 13.1. The average molecular weight is 475 g/mol. The zero-order chi connectivity index (χ0) is 23.9. The fourth-order valence-electron chi connectivity index (χ4n) is 4.16. The molecule has 0 spiro atoms. The third kappa shape index (κ3) is 4.08. The minimum atomic E-state index is -2.60. The number of pyridine rings is 1. The van der Waals surface area contributed by atoms with Gasteiger partial charge < -0.3 is 15.2 Å². The largest absolute Gasteiger partial charge is 0.324 e. The lowest BCUT2D eigenvalue weighted by Crippen LogP contribution is -2.23. The number of aromatic nitrogens is 5. The van der Waals surface area contributed by atoms with Crippen molar-refractivity contribution in [3.8, 4) is 5.69 Å². The van der Waals surface area contributed by atoms with Gasteiger partial charge in [-0.05, 0) is 61.7 Å². The van der Waals surface area contributed by atoms with Gasteiger partial charge in [0.2, 0.25) is 5.95 Å². The molecule has 10 heteroatoms. The highest BCUT2D eigenvalue weighted by Crippen LogP contribution is 2.34. The molecular weight excluding hydrogens is 449 g/mol. The Morgan fingerprint density at radius 2 is 2.06 bits per heavy atom. The standard InChI is InChI=1S/C24H26N7O2P/c1-4-11-30-23(32)20-15-27-24(28-18-6-5-17-14-25-9-7-16(17)12-18)29-22(20)31(30)19-8-10-26-21(13-19)34(2,3)33/h4-6,8,10,12-13,15,25H,1,7,9,11,14H2,2-3H3,(H,27,28,29). The summed E-state index contributed by atoms with van der Waals surface area (Å²) in [5.74, 6) is 0.386. The predicted molar refractivity (Wildman–Crippen MR) is 135 cm³/mol. The first-order valence-electron chi connectivity index (χ1n) is 11.1. The third-order valence-electron chi connectivity index (χ3n) is 5.85. The SMILES string of the molecule is C=CCn1c(=O)c2cnc(Nc3ccc4c(c3)CCNC4)nc2n1-c1ccnc(P(C)(C)=O)c1. The molecule has 1 aliphatic rings. The number of nitrogens with one attached hydrogen (secondary N) is 2. The van der Waals surface area contributed by atoms with Crippen molar-refractivity contribution < 1.29 is 4.57 Å². The van der Waals surface area contributed by atoms with Crippen LogP contribution in [0.25, 0.3) is 16.7 Å². The Hall–Kier alpha value is -3.55. The summed E-state index contributed by atoms with van der Waals surface area (Å²) in [6, 6.07) is 9.74. The summed E-state index contributed by atoms with van der Waals surface area (Å²) >= 11 is 0. The molecule has 1 aliphatic heterocycles. The van der Waals surface area contributed by atoms with E-state index in [0.717, 1.165) is 25.2 Å². The van der Waals surface area contributed by atoms with Crippen molar-refractivity contribution in [1.29, 1.82) is 0 Å². The average Bonchev–Trinajstić information content (AvgIpc) is 3.10. The van der Waals surface area contributed by atoms with E-state index < -0.39 is 7.14 Å².